The minimum Gasteiger partial charge on any atom is -0.503 e. The highest BCUT2D eigenvalue weighted by atomic mass is 32.1. The van der Waals surface area contributed by atoms with Gasteiger partial charge in [-0.05, 0) is 36.4 Å². The first-order valence-electron chi connectivity index (χ1n) is 10.5. The number of anilines is 1. The van der Waals surface area contributed by atoms with Gasteiger partial charge in [-0.1, -0.05) is 23.5 Å². The molecular weight excluding hydrogens is 472 g/mol. The summed E-state index contributed by atoms with van der Waals surface area (Å²) in [6.45, 7) is 0. The molecule has 1 amide bonds. The average molecular weight is 493 g/mol. The van der Waals surface area contributed by atoms with Crippen molar-refractivity contribution in [3.8, 4) is 17.2 Å². The summed E-state index contributed by atoms with van der Waals surface area (Å²) in [5.41, 5.74) is 0.935. The van der Waals surface area contributed by atoms with E-state index in [-0.39, 0.29) is 11.3 Å². The van der Waals surface area contributed by atoms with Gasteiger partial charge in [0.1, 0.15) is 11.8 Å². The van der Waals surface area contributed by atoms with Gasteiger partial charge < -0.3 is 23.7 Å². The molecule has 4 aromatic rings. The molecule has 0 fully saturated rings. The Morgan fingerprint density at radius 1 is 1.09 bits per heavy atom. The van der Waals surface area contributed by atoms with Crippen molar-refractivity contribution in [1.29, 1.82) is 0 Å². The zero-order chi connectivity index (χ0) is 24.7. The van der Waals surface area contributed by atoms with Crippen molar-refractivity contribution in [2.45, 2.75) is 6.04 Å². The van der Waals surface area contributed by atoms with Crippen LogP contribution in [0.4, 0.5) is 5.13 Å². The number of ketones is 1. The summed E-state index contributed by atoms with van der Waals surface area (Å²) in [6, 6.07) is 12.4. The molecule has 1 N–H and O–H groups in total. The lowest BCUT2D eigenvalue weighted by molar-refractivity contribution is -0.117. The molecule has 2 aromatic carbocycles. The highest BCUT2D eigenvalue weighted by Gasteiger charge is 2.47. The van der Waals surface area contributed by atoms with Crippen LogP contribution in [-0.2, 0) is 4.79 Å². The first-order chi connectivity index (χ1) is 17.0. The second-order valence-electron chi connectivity index (χ2n) is 7.56. The molecule has 0 saturated heterocycles. The number of carbonyl (C=O) groups is 2. The number of benzene rings is 2. The molecule has 178 valence electrons. The number of rotatable bonds is 7. The molecule has 2 aromatic heterocycles. The largest absolute Gasteiger partial charge is 0.503 e. The van der Waals surface area contributed by atoms with Gasteiger partial charge in [0.05, 0.1) is 43.4 Å². The maximum absolute atomic E-state index is 13.4. The second-order valence-corrected chi connectivity index (χ2v) is 8.57. The Balaban J connectivity index is 1.73. The predicted molar refractivity (Wildman–Crippen MR) is 129 cm³/mol. The Bertz CT molecular complexity index is 1470. The van der Waals surface area contributed by atoms with E-state index < -0.39 is 23.5 Å². The van der Waals surface area contributed by atoms with Crippen LogP contribution in [0.25, 0.3) is 10.2 Å². The summed E-state index contributed by atoms with van der Waals surface area (Å²) in [6.07, 6.45) is 1.35. The topological polar surface area (TPSA) is 111 Å². The molecule has 0 aliphatic carbocycles. The van der Waals surface area contributed by atoms with E-state index in [1.807, 2.05) is 0 Å². The number of Topliss-reactive ketones (excluding diaryl/α,β-unsaturated/α-hetero) is 1. The summed E-state index contributed by atoms with van der Waals surface area (Å²) in [7, 11) is 4.51. The van der Waals surface area contributed by atoms with Crippen LogP contribution in [0, 0.1) is 0 Å². The Morgan fingerprint density at radius 2 is 1.91 bits per heavy atom. The van der Waals surface area contributed by atoms with E-state index in [1.54, 1.807) is 49.6 Å². The first-order valence-corrected chi connectivity index (χ1v) is 11.3. The van der Waals surface area contributed by atoms with Crippen molar-refractivity contribution in [3.63, 3.8) is 0 Å². The number of hydrogen-bond donors (Lipinski definition) is 1. The van der Waals surface area contributed by atoms with Crippen LogP contribution in [0.5, 0.6) is 17.2 Å². The van der Waals surface area contributed by atoms with E-state index in [2.05, 4.69) is 4.98 Å². The summed E-state index contributed by atoms with van der Waals surface area (Å²) in [5.74, 6) is -0.717. The van der Waals surface area contributed by atoms with Gasteiger partial charge in [-0.25, -0.2) is 4.98 Å². The Kier molecular flexibility index (Phi) is 5.65. The average Bonchev–Trinajstić information content (AvgIpc) is 3.61. The van der Waals surface area contributed by atoms with Crippen LogP contribution >= 0.6 is 11.3 Å². The van der Waals surface area contributed by atoms with Crippen LogP contribution in [0.3, 0.4) is 0 Å². The highest BCUT2D eigenvalue weighted by molar-refractivity contribution is 7.22. The van der Waals surface area contributed by atoms with Gasteiger partial charge in [0.2, 0.25) is 5.78 Å². The molecule has 0 radical (unpaired) electrons. The summed E-state index contributed by atoms with van der Waals surface area (Å²) in [4.78, 5) is 32.8. The number of furan rings is 1. The lowest BCUT2D eigenvalue weighted by Gasteiger charge is -2.26. The number of thiazole rings is 1. The van der Waals surface area contributed by atoms with E-state index in [1.165, 1.54) is 42.8 Å². The molecule has 5 rings (SSSR count). The number of carbonyl (C=O) groups excluding carboxylic acids is 2. The van der Waals surface area contributed by atoms with Crippen molar-refractivity contribution in [2.24, 2.45) is 0 Å². The summed E-state index contributed by atoms with van der Waals surface area (Å²) < 4.78 is 22.4. The van der Waals surface area contributed by atoms with Crippen molar-refractivity contribution in [1.82, 2.24) is 4.98 Å². The van der Waals surface area contributed by atoms with Crippen molar-refractivity contribution >= 4 is 38.4 Å². The third kappa shape index (κ3) is 3.58. The molecule has 1 atom stereocenters. The normalized spacial score (nSPS) is 15.7. The van der Waals surface area contributed by atoms with Gasteiger partial charge in [-0.15, -0.1) is 0 Å². The van der Waals surface area contributed by atoms with Crippen molar-refractivity contribution in [2.75, 3.05) is 26.2 Å². The molecule has 9 nitrogen and oxygen atoms in total. The van der Waals surface area contributed by atoms with Gasteiger partial charge in [0, 0.05) is 5.56 Å². The number of aliphatic hydroxyl groups excluding tert-OH is 1. The number of aromatic nitrogens is 1. The van der Waals surface area contributed by atoms with E-state index in [0.29, 0.717) is 33.5 Å². The van der Waals surface area contributed by atoms with E-state index in [9.17, 15) is 14.7 Å². The van der Waals surface area contributed by atoms with E-state index in [4.69, 9.17) is 18.6 Å². The maximum Gasteiger partial charge on any atom is 0.296 e. The minimum absolute atomic E-state index is 0.0119. The van der Waals surface area contributed by atoms with Gasteiger partial charge in [0.25, 0.3) is 5.91 Å². The number of aliphatic hydroxyl groups is 1. The third-order valence-corrected chi connectivity index (χ3v) is 6.73. The first kappa shape index (κ1) is 22.5. The van der Waals surface area contributed by atoms with Crippen LogP contribution in [0.15, 0.2) is 70.5 Å². The fraction of sp³-hybridized carbons (Fsp3) is 0.160. The minimum atomic E-state index is -1.05. The van der Waals surface area contributed by atoms with Crippen molar-refractivity contribution in [3.05, 3.63) is 77.5 Å². The number of amides is 1. The fourth-order valence-corrected chi connectivity index (χ4v) is 5.14. The molecular formula is C25H20N2O7S. The van der Waals surface area contributed by atoms with Crippen LogP contribution in [-0.4, -0.2) is 43.1 Å². The quantitative estimate of drug-likeness (QED) is 0.370. The zero-order valence-electron chi connectivity index (χ0n) is 19.0. The van der Waals surface area contributed by atoms with Crippen LogP contribution in [0.2, 0.25) is 0 Å². The number of hydrogen-bond acceptors (Lipinski definition) is 9. The van der Waals surface area contributed by atoms with Crippen LogP contribution in [0.1, 0.15) is 22.2 Å². The van der Waals surface area contributed by atoms with Gasteiger partial charge in [0.15, 0.2) is 28.1 Å². The number of ether oxygens (including phenoxy) is 3. The monoisotopic (exact) mass is 492 g/mol. The Labute approximate surface area is 203 Å². The molecule has 0 unspecified atom stereocenters. The standard InChI is InChI=1S/C25H20N2O7S/c1-31-13-9-10-15-18(12-13)35-25(26-15)27-20(14-6-4-7-17(32-2)23(14)33-3)19(22(29)24(27)30)21(28)16-8-5-11-34-16/h4-12,20,29H,1-3H3/t20-/m1/s1. The molecule has 0 saturated carbocycles. The number of nitrogens with zero attached hydrogens (tertiary/aromatic N) is 2. The molecule has 0 bridgehead atoms. The molecule has 0 spiro atoms. The molecule has 1 aliphatic rings. The van der Waals surface area contributed by atoms with Crippen LogP contribution < -0.4 is 19.1 Å². The molecule has 3 heterocycles. The number of fused-ring (bicyclic) bond motifs is 1. The Hall–Kier alpha value is -4.31. The lowest BCUT2D eigenvalue weighted by atomic mass is 9.94. The predicted octanol–water partition coefficient (Wildman–Crippen LogP) is 4.70. The van der Waals surface area contributed by atoms with Gasteiger partial charge >= 0.3 is 0 Å². The number of para-hydroxylation sites is 1. The highest BCUT2D eigenvalue weighted by Crippen LogP contribution is 2.48. The Morgan fingerprint density at radius 3 is 2.60 bits per heavy atom. The van der Waals surface area contributed by atoms with Crippen molar-refractivity contribution < 1.29 is 33.3 Å². The second kappa shape index (κ2) is 8.80. The lowest BCUT2D eigenvalue weighted by Crippen LogP contribution is -2.31. The molecule has 35 heavy (non-hydrogen) atoms. The van der Waals surface area contributed by atoms with E-state index >= 15 is 0 Å². The third-order valence-electron chi connectivity index (χ3n) is 5.72. The summed E-state index contributed by atoms with van der Waals surface area (Å²) >= 11 is 1.23. The SMILES string of the molecule is COc1ccc2nc(N3C(=O)C(O)=C(C(=O)c4ccco4)[C@H]3c3cccc(OC)c3OC)sc2c1. The number of methoxy groups -OCH3 is 3. The smallest absolute Gasteiger partial charge is 0.296 e. The molecule has 10 heteroatoms. The summed E-state index contributed by atoms with van der Waals surface area (Å²) in [5, 5.41) is 11.2. The van der Waals surface area contributed by atoms with Gasteiger partial charge in [-0.3, -0.25) is 14.5 Å². The molecule has 1 aliphatic heterocycles. The maximum atomic E-state index is 13.4. The van der Waals surface area contributed by atoms with Gasteiger partial charge in [-0.2, -0.15) is 0 Å². The zero-order valence-corrected chi connectivity index (χ0v) is 19.8. The van der Waals surface area contributed by atoms with E-state index in [0.717, 1.165) is 4.70 Å². The fourth-order valence-electron chi connectivity index (χ4n) is 4.12.